The topological polar surface area (TPSA) is 58.1 Å². The molecule has 0 aliphatic heterocycles. The Morgan fingerprint density at radius 3 is 2.77 bits per heavy atom. The van der Waals surface area contributed by atoms with Crippen molar-refractivity contribution < 1.29 is 4.98 Å². The minimum absolute atomic E-state index is 0.895. The van der Waals surface area contributed by atoms with Crippen LogP contribution in [0.15, 0.2) is 36.8 Å². The highest BCUT2D eigenvalue weighted by Crippen LogP contribution is 2.34. The third kappa shape index (κ3) is 2.78. The number of hydrogen-bond donors (Lipinski definition) is 2. The van der Waals surface area contributed by atoms with Crippen LogP contribution in [0.3, 0.4) is 0 Å². The van der Waals surface area contributed by atoms with Crippen molar-refractivity contribution in [3.8, 4) is 0 Å². The van der Waals surface area contributed by atoms with Crippen LogP contribution in [-0.4, -0.2) is 41.0 Å². The van der Waals surface area contributed by atoms with Crippen molar-refractivity contribution in [1.29, 1.82) is 0 Å². The predicted molar refractivity (Wildman–Crippen MR) is 109 cm³/mol. The number of pyridine rings is 2. The Labute approximate surface area is 153 Å². The van der Waals surface area contributed by atoms with Gasteiger partial charge in [0.05, 0.1) is 16.4 Å². The zero-order chi connectivity index (χ0) is 18.1. The summed E-state index contributed by atoms with van der Waals surface area (Å²) in [6, 6.07) is 6.45. The largest absolute Gasteiger partial charge is 0.368 e. The van der Waals surface area contributed by atoms with Crippen molar-refractivity contribution in [2.24, 2.45) is 0 Å². The number of fused-ring (bicyclic) bond motifs is 4. The number of aromatic nitrogens is 3. The first kappa shape index (κ1) is 16.8. The van der Waals surface area contributed by atoms with Gasteiger partial charge in [0.1, 0.15) is 5.82 Å². The van der Waals surface area contributed by atoms with Gasteiger partial charge in [0.25, 0.3) is 0 Å². The molecule has 3 N–H and O–H groups in total. The van der Waals surface area contributed by atoms with Crippen LogP contribution in [0, 0.1) is 6.92 Å². The Morgan fingerprint density at radius 1 is 1.12 bits per heavy atom. The van der Waals surface area contributed by atoms with Crippen LogP contribution in [0.1, 0.15) is 19.4 Å². The maximum absolute atomic E-state index is 4.62. The summed E-state index contributed by atoms with van der Waals surface area (Å²) >= 11 is 0. The summed E-state index contributed by atoms with van der Waals surface area (Å²) in [5.41, 5.74) is 3.62. The summed E-state index contributed by atoms with van der Waals surface area (Å²) in [6.07, 6.45) is 5.91. The lowest BCUT2D eigenvalue weighted by molar-refractivity contribution is -0.375. The van der Waals surface area contributed by atoms with Gasteiger partial charge < -0.3 is 15.2 Å². The van der Waals surface area contributed by atoms with Crippen molar-refractivity contribution in [2.75, 3.05) is 31.5 Å². The number of hydrogen-bond acceptors (Lipinski definition) is 3. The number of rotatable bonds is 6. The predicted octanol–water partition coefficient (Wildman–Crippen LogP) is 3.75. The average molecular weight is 348 g/mol. The lowest BCUT2D eigenvalue weighted by atomic mass is 10.0. The molecule has 0 aliphatic carbocycles. The van der Waals surface area contributed by atoms with Crippen molar-refractivity contribution >= 4 is 38.4 Å². The average Bonchev–Trinajstić information content (AvgIpc) is 3.05. The Balaban J connectivity index is 1.79. The van der Waals surface area contributed by atoms with Crippen LogP contribution in [-0.2, 0) is 0 Å². The van der Waals surface area contributed by atoms with Gasteiger partial charge in [-0.3, -0.25) is 0 Å². The first-order valence-corrected chi connectivity index (χ1v) is 9.39. The molecule has 3 aromatic heterocycles. The van der Waals surface area contributed by atoms with Crippen LogP contribution in [0.25, 0.3) is 32.6 Å². The smallest absolute Gasteiger partial charge is 0.177 e. The van der Waals surface area contributed by atoms with E-state index in [2.05, 4.69) is 70.3 Å². The van der Waals surface area contributed by atoms with Crippen LogP contribution < -0.4 is 10.3 Å². The summed E-state index contributed by atoms with van der Waals surface area (Å²) in [5.74, 6) is 0.967. The molecule has 0 radical (unpaired) electrons. The van der Waals surface area contributed by atoms with Gasteiger partial charge in [0, 0.05) is 36.1 Å². The minimum atomic E-state index is 0.895. The fourth-order valence-corrected chi connectivity index (χ4v) is 3.78. The third-order valence-electron chi connectivity index (χ3n) is 5.36. The second-order valence-electron chi connectivity index (χ2n) is 6.73. The minimum Gasteiger partial charge on any atom is -0.368 e. The second-order valence-corrected chi connectivity index (χ2v) is 6.73. The first-order chi connectivity index (χ1) is 12.7. The maximum Gasteiger partial charge on any atom is 0.177 e. The molecular formula is C21H26N5+. The quantitative estimate of drug-likeness (QED) is 0.558. The van der Waals surface area contributed by atoms with E-state index in [-0.39, 0.29) is 0 Å². The molecule has 134 valence electrons. The summed E-state index contributed by atoms with van der Waals surface area (Å²) in [5, 5.41) is 8.43. The van der Waals surface area contributed by atoms with E-state index in [1.54, 1.807) is 0 Å². The summed E-state index contributed by atoms with van der Waals surface area (Å²) in [7, 11) is 0. The Morgan fingerprint density at radius 2 is 1.96 bits per heavy atom. The number of anilines is 1. The van der Waals surface area contributed by atoms with E-state index in [9.17, 15) is 0 Å². The number of aryl methyl sites for hydroxylation is 1. The van der Waals surface area contributed by atoms with Crippen molar-refractivity contribution in [3.05, 3.63) is 42.4 Å². The maximum atomic E-state index is 4.62. The fourth-order valence-electron chi connectivity index (χ4n) is 3.78. The van der Waals surface area contributed by atoms with Gasteiger partial charge >= 0.3 is 0 Å². The summed E-state index contributed by atoms with van der Waals surface area (Å²) in [6.45, 7) is 10.7. The molecule has 3 heterocycles. The van der Waals surface area contributed by atoms with Gasteiger partial charge in [-0.05, 0) is 43.1 Å². The van der Waals surface area contributed by atoms with Gasteiger partial charge in [-0.1, -0.05) is 13.8 Å². The van der Waals surface area contributed by atoms with Gasteiger partial charge in [0.2, 0.25) is 0 Å². The monoisotopic (exact) mass is 348 g/mol. The molecule has 4 aromatic rings. The Hall–Kier alpha value is -2.66. The summed E-state index contributed by atoms with van der Waals surface area (Å²) in [4.78, 5) is 13.8. The molecule has 4 rings (SSSR count). The molecule has 0 aliphatic rings. The van der Waals surface area contributed by atoms with Crippen LogP contribution in [0.5, 0.6) is 0 Å². The summed E-state index contributed by atoms with van der Waals surface area (Å²) < 4.78 is 0. The standard InChI is InChI=1S/C21H25N5/c1-4-26(5-2)11-10-24-21-17-12-16-18-13-22-8-7-19(18)25-20(16)14(3)15(17)6-9-23-21/h6-9,12-13,25H,4-5,10-11H2,1-3H3,(H,23,24)/p+1. The van der Waals surface area contributed by atoms with Crippen molar-refractivity contribution in [1.82, 2.24) is 14.9 Å². The van der Waals surface area contributed by atoms with Crippen molar-refractivity contribution in [2.45, 2.75) is 20.8 Å². The van der Waals surface area contributed by atoms with E-state index in [0.29, 0.717) is 0 Å². The number of H-pyrrole nitrogens is 2. The number of benzene rings is 1. The zero-order valence-electron chi connectivity index (χ0n) is 15.7. The molecule has 0 unspecified atom stereocenters. The molecule has 0 amide bonds. The van der Waals surface area contributed by atoms with Gasteiger partial charge in [-0.25, -0.2) is 9.97 Å². The first-order valence-electron chi connectivity index (χ1n) is 9.39. The van der Waals surface area contributed by atoms with E-state index in [4.69, 9.17) is 0 Å². The molecule has 0 saturated carbocycles. The van der Waals surface area contributed by atoms with E-state index in [1.165, 1.54) is 32.6 Å². The highest BCUT2D eigenvalue weighted by atomic mass is 15.1. The Bertz CT molecular complexity index is 1060. The molecule has 0 saturated heterocycles. The zero-order valence-corrected chi connectivity index (χ0v) is 15.7. The van der Waals surface area contributed by atoms with Gasteiger partial charge in [-0.2, -0.15) is 0 Å². The molecule has 0 bridgehead atoms. The molecule has 0 atom stereocenters. The molecular weight excluding hydrogens is 322 g/mol. The highest BCUT2D eigenvalue weighted by Gasteiger charge is 2.13. The van der Waals surface area contributed by atoms with Crippen LogP contribution >= 0.6 is 0 Å². The third-order valence-corrected chi connectivity index (χ3v) is 5.36. The van der Waals surface area contributed by atoms with Crippen molar-refractivity contribution in [3.63, 3.8) is 0 Å². The van der Waals surface area contributed by atoms with Gasteiger partial charge in [0.15, 0.2) is 12.4 Å². The van der Waals surface area contributed by atoms with E-state index >= 15 is 0 Å². The SMILES string of the molecule is CCN(CC)CCNc1nccc2c(C)c3[nH]c4cc[nH+]cc4c3cc12. The normalized spacial score (nSPS) is 11.8. The van der Waals surface area contributed by atoms with Gasteiger partial charge in [-0.15, -0.1) is 0 Å². The lowest BCUT2D eigenvalue weighted by Gasteiger charge is -2.18. The second kappa shape index (κ2) is 6.92. The Kier molecular flexibility index (Phi) is 4.47. The molecule has 5 heteroatoms. The molecule has 26 heavy (non-hydrogen) atoms. The number of nitrogens with zero attached hydrogens (tertiary/aromatic N) is 2. The van der Waals surface area contributed by atoms with Crippen LogP contribution in [0.4, 0.5) is 5.82 Å². The number of aromatic amines is 2. The molecule has 5 nitrogen and oxygen atoms in total. The molecule has 1 aromatic carbocycles. The number of nitrogens with one attached hydrogen (secondary N) is 3. The fraction of sp³-hybridized carbons (Fsp3) is 0.333. The van der Waals surface area contributed by atoms with E-state index < -0.39 is 0 Å². The highest BCUT2D eigenvalue weighted by molar-refractivity contribution is 6.14. The van der Waals surface area contributed by atoms with Crippen LogP contribution in [0.2, 0.25) is 0 Å². The number of likely N-dealkylation sites (N-methyl/N-ethyl adjacent to an activating group) is 1. The van der Waals surface area contributed by atoms with E-state index in [1.807, 2.05) is 12.4 Å². The molecule has 0 fully saturated rings. The lowest BCUT2D eigenvalue weighted by Crippen LogP contribution is -2.28. The van der Waals surface area contributed by atoms with E-state index in [0.717, 1.165) is 37.5 Å². The molecule has 0 spiro atoms.